The average Bonchev–Trinajstić information content (AvgIpc) is 3.46. The molecule has 0 aromatic heterocycles. The summed E-state index contributed by atoms with van der Waals surface area (Å²) in [7, 11) is 1.02. The highest BCUT2D eigenvalue weighted by Gasteiger charge is 2.53. The number of carbonyl (C=O) groups excluding carboxylic acids is 5. The van der Waals surface area contributed by atoms with Crippen molar-refractivity contribution in [1.82, 2.24) is 4.90 Å². The number of hydrogen-bond donors (Lipinski definition) is 2. The lowest BCUT2D eigenvalue weighted by atomic mass is 9.78. The maximum atomic E-state index is 15.0. The predicted octanol–water partition coefficient (Wildman–Crippen LogP) is 9.13. The summed E-state index contributed by atoms with van der Waals surface area (Å²) in [5.74, 6) is -8.37. The summed E-state index contributed by atoms with van der Waals surface area (Å²) in [6.07, 6.45) is 10.6. The fourth-order valence-electron chi connectivity index (χ4n) is 11.9. The van der Waals surface area contributed by atoms with E-state index in [2.05, 4.69) is 0 Å². The van der Waals surface area contributed by atoms with Gasteiger partial charge in [0.1, 0.15) is 30.1 Å². The van der Waals surface area contributed by atoms with Crippen LogP contribution in [0.25, 0.3) is 0 Å². The van der Waals surface area contributed by atoms with Crippen molar-refractivity contribution in [3.8, 4) is 0 Å². The van der Waals surface area contributed by atoms with Gasteiger partial charge in [0.15, 0.2) is 5.78 Å². The predicted molar refractivity (Wildman–Crippen MR) is 304 cm³/mol. The molecule has 1 saturated carbocycles. The van der Waals surface area contributed by atoms with Gasteiger partial charge in [-0.3, -0.25) is 23.7 Å². The maximum Gasteiger partial charge on any atom is 0.329 e. The number of cyclic esters (lactones) is 1. The third kappa shape index (κ3) is 16.1. The summed E-state index contributed by atoms with van der Waals surface area (Å²) >= 11 is 0. The number of hydrogen-bond acceptors (Lipinski definition) is 14. The maximum absolute atomic E-state index is 15.0. The van der Waals surface area contributed by atoms with Crippen LogP contribution in [0.2, 0.25) is 0 Å². The first-order chi connectivity index (χ1) is 37.6. The Labute approximate surface area is 469 Å². The summed E-state index contributed by atoms with van der Waals surface area (Å²) in [4.78, 5) is 73.1. The normalized spacial score (nSPS) is 34.4. The van der Waals surface area contributed by atoms with E-state index < -0.39 is 103 Å². The second kappa shape index (κ2) is 29.3. The van der Waals surface area contributed by atoms with Crippen molar-refractivity contribution in [2.75, 3.05) is 27.9 Å². The van der Waals surface area contributed by atoms with E-state index in [0.717, 1.165) is 5.57 Å². The fraction of sp³-hybridized carbons (Fsp3) is 0.603. The lowest BCUT2D eigenvalue weighted by Gasteiger charge is -2.42. The number of nitrogens with zero attached hydrogens (tertiary/aromatic N) is 1. The zero-order valence-electron chi connectivity index (χ0n) is 48.2. The Kier molecular flexibility index (Phi) is 23.6. The van der Waals surface area contributed by atoms with E-state index in [1.807, 2.05) is 119 Å². The number of Topliss-reactive ketones (excluding diaryl/α,β-unsaturated/α-hetero) is 3. The molecule has 6 rings (SSSR count). The topological polar surface area (TPSA) is 201 Å². The summed E-state index contributed by atoms with van der Waals surface area (Å²) in [6, 6.07) is 17.2. The van der Waals surface area contributed by atoms with E-state index in [4.69, 9.17) is 28.2 Å². The van der Waals surface area contributed by atoms with Crippen LogP contribution in [-0.4, -0.2) is 127 Å². The molecule has 15 atom stereocenters. The quantitative estimate of drug-likeness (QED) is 0.0987. The number of amides is 1. The molecule has 2 unspecified atom stereocenters. The number of ether oxygens (including phenoxy) is 5. The number of fused-ring (bicyclic) bond motifs is 3. The molecule has 15 nitrogen and oxygen atoms in total. The lowest BCUT2D eigenvalue weighted by Crippen LogP contribution is -2.61. The van der Waals surface area contributed by atoms with Crippen LogP contribution in [0.3, 0.4) is 0 Å². The van der Waals surface area contributed by atoms with Crippen molar-refractivity contribution < 1.29 is 67.0 Å². The fourth-order valence-corrected chi connectivity index (χ4v) is 14.2. The van der Waals surface area contributed by atoms with Crippen LogP contribution in [-0.2, 0) is 56.7 Å². The lowest BCUT2D eigenvalue weighted by molar-refractivity contribution is -0.265. The van der Waals surface area contributed by atoms with Crippen LogP contribution < -0.4 is 10.6 Å². The van der Waals surface area contributed by atoms with Crippen LogP contribution in [0.15, 0.2) is 108 Å². The Bertz CT molecular complexity index is 2500. The van der Waals surface area contributed by atoms with Crippen molar-refractivity contribution in [2.24, 2.45) is 35.5 Å². The minimum Gasteiger partial charge on any atom is -0.460 e. The van der Waals surface area contributed by atoms with Gasteiger partial charge in [-0.25, -0.2) is 4.79 Å². The SMILES string of the molecule is CO[C@H]1C[C@@H]2CC[C@@H](C)C(O)(O2)C(=O)C(=O)N2CCCCC2C(=O)O[C@H]([C@H](C)C[C@@H]2CC[C@@H](OP(=O)(c3ccccc3)c3ccccc3)[C@H](OC)C2)CC(=O)[C@H](C)/C=C(\C)[C@@H](O)[C@@H](OC)C(=O)[C@H](C)C[C@H](C)/C=C/C=CC=C1C. The van der Waals surface area contributed by atoms with Crippen molar-refractivity contribution >= 4 is 47.2 Å². The highest BCUT2D eigenvalue weighted by molar-refractivity contribution is 7.74. The molecule has 3 fully saturated rings. The Morgan fingerprint density at radius 1 is 0.772 bits per heavy atom. The number of methoxy groups -OCH3 is 3. The molecule has 2 N–H and O–H groups in total. The number of aliphatic hydroxyl groups is 2. The van der Waals surface area contributed by atoms with Gasteiger partial charge in [0.25, 0.3) is 19.1 Å². The van der Waals surface area contributed by atoms with Crippen molar-refractivity contribution in [2.45, 2.75) is 180 Å². The van der Waals surface area contributed by atoms with E-state index in [-0.39, 0.29) is 42.8 Å². The molecule has 1 aliphatic carbocycles. The largest absolute Gasteiger partial charge is 0.460 e. The number of ketones is 3. The van der Waals surface area contributed by atoms with Gasteiger partial charge in [0.2, 0.25) is 5.79 Å². The second-order valence-corrected chi connectivity index (χ2v) is 25.2. The van der Waals surface area contributed by atoms with Crippen LogP contribution >= 0.6 is 7.37 Å². The highest BCUT2D eigenvalue weighted by atomic mass is 31.2. The molecular weight excluding hydrogens is 1030 g/mol. The Balaban J connectivity index is 1.29. The summed E-state index contributed by atoms with van der Waals surface area (Å²) in [6.45, 7) is 12.7. The van der Waals surface area contributed by atoms with Crippen molar-refractivity contribution in [3.63, 3.8) is 0 Å². The molecule has 2 saturated heterocycles. The van der Waals surface area contributed by atoms with Crippen molar-refractivity contribution in [1.29, 1.82) is 0 Å². The number of esters is 1. The van der Waals surface area contributed by atoms with Crippen LogP contribution in [0, 0.1) is 35.5 Å². The van der Waals surface area contributed by atoms with Crippen LogP contribution in [0.5, 0.6) is 0 Å². The first-order valence-electron chi connectivity index (χ1n) is 28.5. The van der Waals surface area contributed by atoms with E-state index >= 15 is 0 Å². The number of allylic oxidation sites excluding steroid dienone is 6. The van der Waals surface area contributed by atoms with E-state index in [1.165, 1.54) is 12.0 Å². The van der Waals surface area contributed by atoms with Gasteiger partial charge in [0.05, 0.1) is 24.4 Å². The molecule has 434 valence electrons. The van der Waals surface area contributed by atoms with Crippen molar-refractivity contribution in [3.05, 3.63) is 108 Å². The van der Waals surface area contributed by atoms with Gasteiger partial charge in [-0.2, -0.15) is 0 Å². The third-order valence-corrected chi connectivity index (χ3v) is 19.5. The first-order valence-corrected chi connectivity index (χ1v) is 30.2. The number of benzene rings is 2. The van der Waals surface area contributed by atoms with Gasteiger partial charge in [-0.15, -0.1) is 0 Å². The molecule has 2 bridgehead atoms. The number of piperidine rings is 1. The molecule has 0 spiro atoms. The summed E-state index contributed by atoms with van der Waals surface area (Å²) in [5.41, 5.74) is 1.24. The standard InChI is InChI=1S/C63H88NO14P/c1-40-22-14-11-15-23-41(2)54(73-8)38-48-31-29-46(7)63(71,77-48)60(68)61(69)64-33-21-20-28-51(64)62(70)76-55(39-52(65)42(3)35-45(6)58(67)59(75-10)57(66)44(5)34-40)43(4)36-47-30-32-53(56(37-47)74-9)78-79(72,49-24-16-12-17-25-49)50-26-18-13-19-27-50/h11-19,22-27,35,40,42-44,46-48,51,53-56,58-59,67,71H,20-21,28-34,36-39H2,1-10H3/b15-11?,22-14+,41-23?,45-35+/t40-,42-,43-,44-,46-,47+,48+,51?,53-,54+,55+,56-,58-,59+,63?/m1/s1. The number of carbonyl (C=O) groups is 5. The first kappa shape index (κ1) is 63.5. The van der Waals surface area contributed by atoms with E-state index in [1.54, 1.807) is 41.1 Å². The van der Waals surface area contributed by atoms with Gasteiger partial charge < -0.3 is 43.3 Å². The Morgan fingerprint density at radius 2 is 1.44 bits per heavy atom. The smallest absolute Gasteiger partial charge is 0.329 e. The van der Waals surface area contributed by atoms with Crippen LogP contribution in [0.1, 0.15) is 126 Å². The molecule has 2 aromatic rings. The molecule has 3 aliphatic heterocycles. The third-order valence-electron chi connectivity index (χ3n) is 16.9. The molecule has 4 aliphatic rings. The zero-order valence-corrected chi connectivity index (χ0v) is 49.1. The van der Waals surface area contributed by atoms with Gasteiger partial charge in [-0.05, 0) is 131 Å². The molecule has 79 heavy (non-hydrogen) atoms. The second-order valence-electron chi connectivity index (χ2n) is 22.9. The molecule has 16 heteroatoms. The molecule has 1 amide bonds. The average molecular weight is 1110 g/mol. The monoisotopic (exact) mass is 1110 g/mol. The van der Waals surface area contributed by atoms with Gasteiger partial charge in [-0.1, -0.05) is 107 Å². The van der Waals surface area contributed by atoms with Gasteiger partial charge in [0, 0.05) is 69.1 Å². The summed E-state index contributed by atoms with van der Waals surface area (Å²) in [5, 5.41) is 24.8. The summed E-state index contributed by atoms with van der Waals surface area (Å²) < 4.78 is 51.9. The number of aliphatic hydroxyl groups excluding tert-OH is 1. The minimum absolute atomic E-state index is 0.000329. The molecule has 3 heterocycles. The molecule has 0 radical (unpaired) electrons. The van der Waals surface area contributed by atoms with Gasteiger partial charge >= 0.3 is 5.97 Å². The minimum atomic E-state index is -3.55. The highest BCUT2D eigenvalue weighted by Crippen LogP contribution is 2.49. The Hall–Kier alpha value is -4.70. The number of rotatable bonds is 10. The van der Waals surface area contributed by atoms with Crippen LogP contribution in [0.4, 0.5) is 0 Å². The molecular formula is C63H88NO14P. The van der Waals surface area contributed by atoms with E-state index in [9.17, 15) is 38.8 Å². The molecule has 2 aromatic carbocycles. The van der Waals surface area contributed by atoms with E-state index in [0.29, 0.717) is 80.4 Å². The Morgan fingerprint density at radius 3 is 2.08 bits per heavy atom. The zero-order chi connectivity index (χ0) is 57.6.